The molecule has 1 aromatic heterocycles. The quantitative estimate of drug-likeness (QED) is 0.850. The van der Waals surface area contributed by atoms with E-state index in [1.165, 1.54) is 11.3 Å². The van der Waals surface area contributed by atoms with Crippen molar-refractivity contribution >= 4 is 11.3 Å². The first-order chi connectivity index (χ1) is 11.0. The zero-order chi connectivity index (χ0) is 16.4. The van der Waals surface area contributed by atoms with Crippen molar-refractivity contribution in [1.29, 1.82) is 0 Å². The summed E-state index contributed by atoms with van der Waals surface area (Å²) in [6, 6.07) is 4.22. The maximum absolute atomic E-state index is 14.4. The van der Waals surface area contributed by atoms with Crippen LogP contribution in [0.25, 0.3) is 0 Å². The van der Waals surface area contributed by atoms with E-state index in [1.807, 2.05) is 4.90 Å². The highest BCUT2D eigenvalue weighted by Gasteiger charge is 2.39. The first-order valence-electron chi connectivity index (χ1n) is 7.31. The summed E-state index contributed by atoms with van der Waals surface area (Å²) in [5.41, 5.74) is -0.472. The van der Waals surface area contributed by atoms with Gasteiger partial charge in [0.15, 0.2) is 0 Å². The molecule has 0 bridgehead atoms. The van der Waals surface area contributed by atoms with Gasteiger partial charge in [-0.1, -0.05) is 6.07 Å². The van der Waals surface area contributed by atoms with Crippen molar-refractivity contribution < 1.29 is 17.6 Å². The van der Waals surface area contributed by atoms with E-state index in [9.17, 15) is 17.6 Å². The van der Waals surface area contributed by atoms with Gasteiger partial charge < -0.3 is 5.32 Å². The van der Waals surface area contributed by atoms with Crippen LogP contribution in [0.1, 0.15) is 22.7 Å². The van der Waals surface area contributed by atoms with Crippen LogP contribution in [0.15, 0.2) is 35.0 Å². The van der Waals surface area contributed by atoms with Gasteiger partial charge in [-0.05, 0) is 34.5 Å². The monoisotopic (exact) mass is 344 g/mol. The average molecular weight is 344 g/mol. The molecule has 1 fully saturated rings. The number of benzene rings is 1. The SMILES string of the molecule is Fc1cccc(C(F)(F)F)c1[C@@H](c1ccsc1)N1CCNCC1. The summed E-state index contributed by atoms with van der Waals surface area (Å²) < 4.78 is 54.6. The van der Waals surface area contributed by atoms with Crippen LogP contribution < -0.4 is 5.32 Å². The van der Waals surface area contributed by atoms with Gasteiger partial charge in [-0.2, -0.15) is 24.5 Å². The summed E-state index contributed by atoms with van der Waals surface area (Å²) >= 11 is 1.40. The molecule has 1 atom stereocenters. The summed E-state index contributed by atoms with van der Waals surface area (Å²) in [5, 5.41) is 6.77. The minimum atomic E-state index is -4.58. The van der Waals surface area contributed by atoms with Gasteiger partial charge in [0.1, 0.15) is 5.82 Å². The number of rotatable bonds is 3. The highest BCUT2D eigenvalue weighted by Crippen LogP contribution is 2.40. The maximum Gasteiger partial charge on any atom is 0.416 e. The Labute approximate surface area is 135 Å². The van der Waals surface area contributed by atoms with Crippen molar-refractivity contribution in [3.05, 3.63) is 57.5 Å². The normalized spacial score (nSPS) is 18.1. The van der Waals surface area contributed by atoms with E-state index < -0.39 is 23.6 Å². The molecule has 1 N–H and O–H groups in total. The molecule has 7 heteroatoms. The van der Waals surface area contributed by atoms with Crippen LogP contribution in [-0.2, 0) is 6.18 Å². The van der Waals surface area contributed by atoms with Crippen LogP contribution in [0.3, 0.4) is 0 Å². The Kier molecular flexibility index (Phi) is 4.70. The number of halogens is 4. The molecule has 2 aromatic rings. The minimum absolute atomic E-state index is 0.277. The number of thiophene rings is 1. The van der Waals surface area contributed by atoms with E-state index in [0.717, 1.165) is 18.2 Å². The van der Waals surface area contributed by atoms with Gasteiger partial charge in [-0.3, -0.25) is 4.90 Å². The van der Waals surface area contributed by atoms with Crippen molar-refractivity contribution in [2.24, 2.45) is 0 Å². The second-order valence-corrected chi connectivity index (χ2v) is 6.22. The third-order valence-corrected chi connectivity index (χ3v) is 4.71. The lowest BCUT2D eigenvalue weighted by Crippen LogP contribution is -2.45. The predicted octanol–water partition coefficient (Wildman–Crippen LogP) is 3.90. The lowest BCUT2D eigenvalue weighted by Gasteiger charge is -2.36. The zero-order valence-electron chi connectivity index (χ0n) is 12.2. The van der Waals surface area contributed by atoms with E-state index in [0.29, 0.717) is 31.7 Å². The first-order valence-corrected chi connectivity index (χ1v) is 8.25. The van der Waals surface area contributed by atoms with E-state index >= 15 is 0 Å². The van der Waals surface area contributed by atoms with Crippen molar-refractivity contribution in [2.45, 2.75) is 12.2 Å². The van der Waals surface area contributed by atoms with Gasteiger partial charge in [-0.25, -0.2) is 4.39 Å². The van der Waals surface area contributed by atoms with Gasteiger partial charge in [0.05, 0.1) is 11.6 Å². The molecule has 124 valence electrons. The van der Waals surface area contributed by atoms with Crippen molar-refractivity contribution in [3.63, 3.8) is 0 Å². The van der Waals surface area contributed by atoms with Crippen LogP contribution in [0.4, 0.5) is 17.6 Å². The number of alkyl halides is 3. The molecule has 1 aromatic carbocycles. The fourth-order valence-electron chi connectivity index (χ4n) is 2.99. The largest absolute Gasteiger partial charge is 0.416 e. The van der Waals surface area contributed by atoms with Gasteiger partial charge in [-0.15, -0.1) is 0 Å². The fraction of sp³-hybridized carbons (Fsp3) is 0.375. The molecular formula is C16H16F4N2S. The second-order valence-electron chi connectivity index (χ2n) is 5.44. The molecule has 0 spiro atoms. The second kappa shape index (κ2) is 6.59. The summed E-state index contributed by atoms with van der Waals surface area (Å²) in [6.45, 7) is 2.51. The Morgan fingerprint density at radius 2 is 1.87 bits per heavy atom. The highest BCUT2D eigenvalue weighted by molar-refractivity contribution is 7.08. The van der Waals surface area contributed by atoms with Crippen LogP contribution in [-0.4, -0.2) is 31.1 Å². The topological polar surface area (TPSA) is 15.3 Å². The van der Waals surface area contributed by atoms with Crippen molar-refractivity contribution in [1.82, 2.24) is 10.2 Å². The molecule has 3 rings (SSSR count). The number of piperazine rings is 1. The Balaban J connectivity index is 2.14. The smallest absolute Gasteiger partial charge is 0.314 e. The van der Waals surface area contributed by atoms with E-state index in [2.05, 4.69) is 5.32 Å². The van der Waals surface area contributed by atoms with E-state index in [-0.39, 0.29) is 5.56 Å². The summed E-state index contributed by atoms with van der Waals surface area (Å²) in [7, 11) is 0. The lowest BCUT2D eigenvalue weighted by atomic mass is 9.93. The molecule has 0 unspecified atom stereocenters. The highest BCUT2D eigenvalue weighted by atomic mass is 32.1. The third-order valence-electron chi connectivity index (χ3n) is 4.01. The summed E-state index contributed by atoms with van der Waals surface area (Å²) in [4.78, 5) is 1.91. The zero-order valence-corrected chi connectivity index (χ0v) is 13.1. The molecule has 0 radical (unpaired) electrons. The number of nitrogens with zero attached hydrogens (tertiary/aromatic N) is 1. The molecule has 1 aliphatic rings. The number of hydrogen-bond acceptors (Lipinski definition) is 3. The Hall–Kier alpha value is -1.44. The van der Waals surface area contributed by atoms with Crippen molar-refractivity contribution in [2.75, 3.05) is 26.2 Å². The van der Waals surface area contributed by atoms with Crippen LogP contribution in [0.2, 0.25) is 0 Å². The predicted molar refractivity (Wildman–Crippen MR) is 82.0 cm³/mol. The molecule has 1 saturated heterocycles. The molecule has 2 heterocycles. The molecule has 0 amide bonds. The number of nitrogens with one attached hydrogen (secondary N) is 1. The summed E-state index contributed by atoms with van der Waals surface area (Å²) in [6.07, 6.45) is -4.58. The fourth-order valence-corrected chi connectivity index (χ4v) is 3.67. The van der Waals surface area contributed by atoms with Crippen molar-refractivity contribution in [3.8, 4) is 0 Å². The maximum atomic E-state index is 14.4. The van der Waals surface area contributed by atoms with Gasteiger partial charge in [0.25, 0.3) is 0 Å². The molecule has 0 aliphatic carbocycles. The van der Waals surface area contributed by atoms with Gasteiger partial charge in [0.2, 0.25) is 0 Å². The van der Waals surface area contributed by atoms with Crippen LogP contribution >= 0.6 is 11.3 Å². The van der Waals surface area contributed by atoms with Crippen LogP contribution in [0, 0.1) is 5.82 Å². The Morgan fingerprint density at radius 1 is 1.13 bits per heavy atom. The van der Waals surface area contributed by atoms with E-state index in [1.54, 1.807) is 16.8 Å². The number of hydrogen-bond donors (Lipinski definition) is 1. The molecular weight excluding hydrogens is 328 g/mol. The van der Waals surface area contributed by atoms with Gasteiger partial charge >= 0.3 is 6.18 Å². The minimum Gasteiger partial charge on any atom is -0.314 e. The molecule has 2 nitrogen and oxygen atoms in total. The molecule has 0 saturated carbocycles. The molecule has 1 aliphatic heterocycles. The third kappa shape index (κ3) is 3.41. The van der Waals surface area contributed by atoms with Gasteiger partial charge in [0, 0.05) is 31.7 Å². The first kappa shape index (κ1) is 16.4. The Morgan fingerprint density at radius 3 is 2.48 bits per heavy atom. The standard InChI is InChI=1S/C16H16F4N2S/c17-13-3-1-2-12(16(18,19)20)14(13)15(11-4-9-23-10-11)22-7-5-21-6-8-22/h1-4,9-10,15,21H,5-8H2/t15-/m1/s1. The Bertz CT molecular complexity index is 649. The van der Waals surface area contributed by atoms with E-state index in [4.69, 9.17) is 0 Å². The lowest BCUT2D eigenvalue weighted by molar-refractivity contribution is -0.138. The average Bonchev–Trinajstić information content (AvgIpc) is 3.03. The van der Waals surface area contributed by atoms with Crippen LogP contribution in [0.5, 0.6) is 0 Å². The molecule has 23 heavy (non-hydrogen) atoms. The summed E-state index contributed by atoms with van der Waals surface area (Å²) in [5.74, 6) is -0.811.